The first-order valence-corrected chi connectivity index (χ1v) is 5.09. The van der Waals surface area contributed by atoms with Crippen LogP contribution < -0.4 is 0 Å². The zero-order chi connectivity index (χ0) is 11.1. The van der Waals surface area contributed by atoms with E-state index in [2.05, 4.69) is 25.4 Å². The van der Waals surface area contributed by atoms with Crippen LogP contribution in [0.1, 0.15) is 0 Å². The summed E-state index contributed by atoms with van der Waals surface area (Å²) in [4.78, 5) is 6.60. The van der Waals surface area contributed by atoms with Crippen molar-refractivity contribution in [2.45, 2.75) is 5.16 Å². The summed E-state index contributed by atoms with van der Waals surface area (Å²) >= 11 is 0. The van der Waals surface area contributed by atoms with Crippen LogP contribution in [0.4, 0.5) is 0 Å². The summed E-state index contributed by atoms with van der Waals surface area (Å²) in [6, 6.07) is 1.45. The van der Waals surface area contributed by atoms with E-state index in [-0.39, 0.29) is 0 Å². The van der Waals surface area contributed by atoms with Gasteiger partial charge in [-0.2, -0.15) is 23.8 Å². The summed E-state index contributed by atoms with van der Waals surface area (Å²) in [6.07, 6.45) is 5.63. The number of aromatic amines is 1. The number of nitrogens with zero attached hydrogens (tertiary/aromatic N) is 4. The van der Waals surface area contributed by atoms with Gasteiger partial charge in [-0.1, -0.05) is 0 Å². The first-order valence-electron chi connectivity index (χ1n) is 3.65. The van der Waals surface area contributed by atoms with E-state index < -0.39 is 15.3 Å². The number of hydrogen-bond donors (Lipinski definition) is 2. The third-order valence-corrected chi connectivity index (χ3v) is 1.78. The monoisotopic (exact) mass is 229 g/mol. The van der Waals surface area contributed by atoms with E-state index in [1.807, 2.05) is 0 Å². The highest BCUT2D eigenvalue weighted by molar-refractivity contribution is 7.85. The van der Waals surface area contributed by atoms with E-state index in [0.717, 1.165) is 0 Å². The molecule has 0 saturated heterocycles. The highest BCUT2D eigenvalue weighted by Gasteiger charge is 2.10. The maximum atomic E-state index is 10.3. The van der Waals surface area contributed by atoms with Gasteiger partial charge in [-0.3, -0.25) is 4.55 Å². The average molecular weight is 229 g/mol. The molecular weight excluding hydrogens is 222 g/mol. The third-order valence-electron chi connectivity index (χ3n) is 1.10. The van der Waals surface area contributed by atoms with Gasteiger partial charge in [0.05, 0.1) is 12.4 Å². The predicted molar refractivity (Wildman–Crippen MR) is 48.2 cm³/mol. The smallest absolute Gasteiger partial charge is 0.279 e. The van der Waals surface area contributed by atoms with E-state index in [4.69, 9.17) is 4.55 Å². The Bertz CT molecular complexity index is 452. The van der Waals surface area contributed by atoms with Gasteiger partial charge in [-0.15, -0.1) is 0 Å². The normalized spacial score (nSPS) is 10.2. The minimum Gasteiger partial charge on any atom is -0.279 e. The lowest BCUT2D eigenvalue weighted by Crippen LogP contribution is -2.02. The number of H-pyrrole nitrogens is 1. The fourth-order valence-electron chi connectivity index (χ4n) is 0.585. The van der Waals surface area contributed by atoms with Crippen molar-refractivity contribution in [3.05, 3.63) is 30.9 Å². The van der Waals surface area contributed by atoms with Crippen molar-refractivity contribution in [1.82, 2.24) is 25.4 Å². The summed E-state index contributed by atoms with van der Waals surface area (Å²) in [5.74, 6) is 0. The van der Waals surface area contributed by atoms with Crippen molar-refractivity contribution in [2.24, 2.45) is 0 Å². The Morgan fingerprint density at radius 1 is 1.07 bits per heavy atom. The molecule has 0 saturated carbocycles. The molecule has 2 N–H and O–H groups in total. The first kappa shape index (κ1) is 11.2. The minimum atomic E-state index is -4.23. The van der Waals surface area contributed by atoms with E-state index in [1.54, 1.807) is 12.4 Å². The van der Waals surface area contributed by atoms with Crippen LogP contribution >= 0.6 is 0 Å². The van der Waals surface area contributed by atoms with E-state index >= 15 is 0 Å². The van der Waals surface area contributed by atoms with Crippen LogP contribution in [0.15, 0.2) is 36.0 Å². The van der Waals surface area contributed by atoms with E-state index in [9.17, 15) is 8.42 Å². The molecule has 2 aromatic heterocycles. The van der Waals surface area contributed by atoms with Gasteiger partial charge in [0, 0.05) is 12.4 Å². The molecule has 80 valence electrons. The molecule has 0 atom stereocenters. The van der Waals surface area contributed by atoms with E-state index in [0.29, 0.717) is 0 Å². The molecule has 0 aliphatic heterocycles. The largest absolute Gasteiger partial charge is 0.330 e. The molecule has 8 nitrogen and oxygen atoms in total. The standard InChI is InChI=1S/C4H4N2O3S.C2H3N3/c7-10(8,9)4-5-2-1-3-6-4;1-2-4-5-3-1/h1-3H,(H,7,8,9);1-2H,(H,3,4,5). The highest BCUT2D eigenvalue weighted by Crippen LogP contribution is 1.95. The molecule has 0 bridgehead atoms. The van der Waals surface area contributed by atoms with Crippen LogP contribution in [0.3, 0.4) is 0 Å². The lowest BCUT2D eigenvalue weighted by atomic mass is 10.7. The second-order valence-corrected chi connectivity index (χ2v) is 3.48. The minimum absolute atomic E-state index is 0.574. The Hall–Kier alpha value is -1.87. The van der Waals surface area contributed by atoms with Crippen molar-refractivity contribution in [3.8, 4) is 0 Å². The summed E-state index contributed by atoms with van der Waals surface area (Å²) < 4.78 is 28.9. The van der Waals surface area contributed by atoms with Gasteiger partial charge in [0.2, 0.25) is 0 Å². The van der Waals surface area contributed by atoms with Crippen LogP contribution in [0.2, 0.25) is 0 Å². The Kier molecular flexibility index (Phi) is 3.83. The molecule has 2 heterocycles. The second kappa shape index (κ2) is 5.12. The molecule has 9 heteroatoms. The van der Waals surface area contributed by atoms with Gasteiger partial charge in [-0.05, 0) is 6.07 Å². The molecule has 0 aromatic carbocycles. The Labute approximate surface area is 85.1 Å². The molecule has 0 aliphatic rings. The quantitative estimate of drug-likeness (QED) is 0.500. The Morgan fingerprint density at radius 2 is 1.60 bits per heavy atom. The van der Waals surface area contributed by atoms with Gasteiger partial charge in [0.25, 0.3) is 5.16 Å². The summed E-state index contributed by atoms with van der Waals surface area (Å²) in [7, 11) is -4.23. The van der Waals surface area contributed by atoms with Crippen molar-refractivity contribution >= 4 is 10.1 Å². The Balaban J connectivity index is 0.000000187. The SMILES string of the molecule is O=S(=O)(O)c1ncccn1.c1cn[nH]n1. The number of rotatable bonds is 1. The third kappa shape index (κ3) is 4.24. The van der Waals surface area contributed by atoms with Crippen LogP contribution in [0.5, 0.6) is 0 Å². The molecule has 0 spiro atoms. The van der Waals surface area contributed by atoms with Gasteiger partial charge in [0.1, 0.15) is 0 Å². The molecule has 0 unspecified atom stereocenters. The molecule has 2 rings (SSSR count). The van der Waals surface area contributed by atoms with E-state index in [1.165, 1.54) is 18.5 Å². The topological polar surface area (TPSA) is 122 Å². The first-order chi connectivity index (χ1) is 7.11. The number of nitrogens with one attached hydrogen (secondary N) is 1. The van der Waals surface area contributed by atoms with Crippen LogP contribution in [-0.2, 0) is 10.1 Å². The van der Waals surface area contributed by atoms with Gasteiger partial charge in [-0.25, -0.2) is 9.97 Å². The predicted octanol–water partition coefficient (Wildman–Crippen LogP) is -0.472. The van der Waals surface area contributed by atoms with Crippen molar-refractivity contribution in [2.75, 3.05) is 0 Å². The second-order valence-electron chi connectivity index (χ2n) is 2.16. The maximum absolute atomic E-state index is 10.3. The zero-order valence-electron chi connectivity index (χ0n) is 7.35. The fraction of sp³-hybridized carbons (Fsp3) is 0. The summed E-state index contributed by atoms with van der Waals surface area (Å²) in [6.45, 7) is 0. The van der Waals surface area contributed by atoms with Gasteiger partial charge in [0.15, 0.2) is 0 Å². The molecule has 0 radical (unpaired) electrons. The highest BCUT2D eigenvalue weighted by atomic mass is 32.2. The van der Waals surface area contributed by atoms with Crippen molar-refractivity contribution in [1.29, 1.82) is 0 Å². The van der Waals surface area contributed by atoms with Crippen molar-refractivity contribution < 1.29 is 13.0 Å². The summed E-state index contributed by atoms with van der Waals surface area (Å²) in [5.41, 5.74) is 0. The number of hydrogen-bond acceptors (Lipinski definition) is 6. The van der Waals surface area contributed by atoms with Gasteiger partial charge < -0.3 is 0 Å². The lowest BCUT2D eigenvalue weighted by molar-refractivity contribution is 0.474. The Morgan fingerprint density at radius 3 is 1.87 bits per heavy atom. The molecule has 2 aromatic rings. The van der Waals surface area contributed by atoms with Crippen LogP contribution in [-0.4, -0.2) is 38.3 Å². The zero-order valence-corrected chi connectivity index (χ0v) is 8.16. The molecular formula is C6H7N5O3S. The van der Waals surface area contributed by atoms with Crippen molar-refractivity contribution in [3.63, 3.8) is 0 Å². The maximum Gasteiger partial charge on any atom is 0.330 e. The molecule has 15 heavy (non-hydrogen) atoms. The number of aromatic nitrogens is 5. The molecule has 0 fully saturated rings. The fourth-order valence-corrected chi connectivity index (χ4v) is 0.973. The summed E-state index contributed by atoms with van der Waals surface area (Å²) in [5, 5.41) is 8.76. The van der Waals surface area contributed by atoms with Crippen LogP contribution in [0, 0.1) is 0 Å². The molecule has 0 amide bonds. The molecule has 0 aliphatic carbocycles. The lowest BCUT2D eigenvalue weighted by Gasteiger charge is -1.89. The average Bonchev–Trinajstić information content (AvgIpc) is 2.76. The van der Waals surface area contributed by atoms with Crippen LogP contribution in [0.25, 0.3) is 0 Å². The van der Waals surface area contributed by atoms with Gasteiger partial charge >= 0.3 is 10.1 Å².